The zero-order chi connectivity index (χ0) is 11.9. The first-order chi connectivity index (χ1) is 7.45. The van der Waals surface area contributed by atoms with E-state index in [0.717, 1.165) is 0 Å². The normalized spacial score (nSPS) is 24.9. The molecule has 16 heavy (non-hydrogen) atoms. The molecule has 1 aliphatic rings. The Kier molecular flexibility index (Phi) is 2.88. The topological polar surface area (TPSA) is 46.5 Å². The molecule has 0 spiro atoms. The second kappa shape index (κ2) is 3.93. The Morgan fingerprint density at radius 3 is 2.12 bits per heavy atom. The van der Waals surface area contributed by atoms with E-state index in [1.54, 1.807) is 12.1 Å². The van der Waals surface area contributed by atoms with Crippen molar-refractivity contribution in [2.24, 2.45) is 0 Å². The van der Waals surface area contributed by atoms with E-state index < -0.39 is 11.8 Å². The fraction of sp³-hybridized carbons (Fsp3) is 0.100. The van der Waals surface area contributed by atoms with Crippen molar-refractivity contribution < 1.29 is 14.6 Å². The van der Waals surface area contributed by atoms with Crippen LogP contribution in [0.3, 0.4) is 0 Å². The third kappa shape index (κ3) is 1.70. The second-order valence-corrected chi connectivity index (χ2v) is 4.36. The Bertz CT molecular complexity index is 481. The van der Waals surface area contributed by atoms with Gasteiger partial charge >= 0.3 is 5.97 Å². The largest absolute Gasteiger partial charge is 0.419 e. The molecule has 84 valence electrons. The molecule has 0 amide bonds. The third-order valence-electron chi connectivity index (χ3n) is 2.15. The maximum atomic E-state index is 11.2. The fourth-order valence-corrected chi connectivity index (χ4v) is 1.84. The second-order valence-electron chi connectivity index (χ2n) is 3.17. The molecule has 0 saturated carbocycles. The number of benzene rings is 1. The zero-order valence-electron chi connectivity index (χ0n) is 7.71. The van der Waals surface area contributed by atoms with Crippen LogP contribution in [0.5, 0.6) is 0 Å². The Balaban J connectivity index is 2.49. The molecule has 2 rings (SSSR count). The summed E-state index contributed by atoms with van der Waals surface area (Å²) >= 11 is 17.0. The van der Waals surface area contributed by atoms with E-state index in [-0.39, 0.29) is 15.6 Å². The Morgan fingerprint density at radius 2 is 1.69 bits per heavy atom. The first-order valence-electron chi connectivity index (χ1n) is 4.22. The number of cyclic esters (lactones) is 1. The zero-order valence-corrected chi connectivity index (χ0v) is 9.97. The van der Waals surface area contributed by atoms with Gasteiger partial charge in [0.1, 0.15) is 10.1 Å². The molecule has 1 N–H and O–H groups in total. The van der Waals surface area contributed by atoms with Crippen molar-refractivity contribution in [3.63, 3.8) is 0 Å². The number of halogens is 3. The van der Waals surface area contributed by atoms with Crippen molar-refractivity contribution >= 4 is 40.8 Å². The highest BCUT2D eigenvalue weighted by molar-refractivity contribution is 6.48. The minimum absolute atomic E-state index is 0.249. The fourth-order valence-electron chi connectivity index (χ4n) is 1.32. The van der Waals surface area contributed by atoms with Crippen LogP contribution in [0.2, 0.25) is 5.02 Å². The molecule has 0 radical (unpaired) electrons. The molecule has 1 aromatic carbocycles. The molecule has 1 aromatic rings. The standard InChI is InChI=1S/C10H5Cl3O3/c11-6-3-1-5(2-4-6)10(15)8(13)7(12)9(14)16-10/h1-4,15H. The predicted octanol–water partition coefficient (Wildman–Crippen LogP) is 2.73. The molecule has 0 saturated heterocycles. The molecule has 1 atom stereocenters. The molecule has 0 fully saturated rings. The number of esters is 1. The van der Waals surface area contributed by atoms with Crippen LogP contribution in [0.25, 0.3) is 0 Å². The average molecular weight is 280 g/mol. The van der Waals surface area contributed by atoms with E-state index in [9.17, 15) is 9.90 Å². The van der Waals surface area contributed by atoms with Crippen LogP contribution in [0.4, 0.5) is 0 Å². The van der Waals surface area contributed by atoms with Gasteiger partial charge in [0.15, 0.2) is 0 Å². The summed E-state index contributed by atoms with van der Waals surface area (Å²) in [6.07, 6.45) is 0. The minimum atomic E-state index is -2.01. The molecule has 0 aliphatic carbocycles. The molecule has 3 nitrogen and oxygen atoms in total. The van der Waals surface area contributed by atoms with E-state index >= 15 is 0 Å². The van der Waals surface area contributed by atoms with Gasteiger partial charge in [0.25, 0.3) is 5.79 Å². The van der Waals surface area contributed by atoms with Gasteiger partial charge in [0.05, 0.1) is 0 Å². The van der Waals surface area contributed by atoms with Crippen molar-refractivity contribution in [2.75, 3.05) is 0 Å². The highest BCUT2D eigenvalue weighted by atomic mass is 35.5. The van der Waals surface area contributed by atoms with Crippen molar-refractivity contribution in [3.05, 3.63) is 44.9 Å². The van der Waals surface area contributed by atoms with Crippen molar-refractivity contribution in [3.8, 4) is 0 Å². The van der Waals surface area contributed by atoms with E-state index in [0.29, 0.717) is 5.02 Å². The highest BCUT2D eigenvalue weighted by Crippen LogP contribution is 2.42. The average Bonchev–Trinajstić information content (AvgIpc) is 2.45. The van der Waals surface area contributed by atoms with Gasteiger partial charge < -0.3 is 9.84 Å². The maximum absolute atomic E-state index is 11.2. The van der Waals surface area contributed by atoms with Crippen molar-refractivity contribution in [1.82, 2.24) is 0 Å². The summed E-state index contributed by atoms with van der Waals surface area (Å²) in [5, 5.41) is 10.0. The highest BCUT2D eigenvalue weighted by Gasteiger charge is 2.47. The monoisotopic (exact) mass is 278 g/mol. The van der Waals surface area contributed by atoms with Crippen LogP contribution >= 0.6 is 34.8 Å². The Hall–Kier alpha value is -0.740. The Labute approximate surface area is 106 Å². The summed E-state index contributed by atoms with van der Waals surface area (Å²) in [5.74, 6) is -2.87. The number of rotatable bonds is 1. The van der Waals surface area contributed by atoms with Crippen LogP contribution in [0.1, 0.15) is 5.56 Å². The van der Waals surface area contributed by atoms with Crippen molar-refractivity contribution in [1.29, 1.82) is 0 Å². The van der Waals surface area contributed by atoms with E-state index in [1.165, 1.54) is 12.1 Å². The van der Waals surface area contributed by atoms with Gasteiger partial charge in [-0.25, -0.2) is 4.79 Å². The summed E-state index contributed by atoms with van der Waals surface area (Å²) < 4.78 is 4.73. The molecule has 1 aliphatic heterocycles. The van der Waals surface area contributed by atoms with E-state index in [2.05, 4.69) is 0 Å². The van der Waals surface area contributed by atoms with E-state index in [1.807, 2.05) is 0 Å². The molecule has 0 bridgehead atoms. The van der Waals surface area contributed by atoms with Gasteiger partial charge in [-0.2, -0.15) is 0 Å². The Morgan fingerprint density at radius 1 is 1.12 bits per heavy atom. The molecular weight excluding hydrogens is 274 g/mol. The van der Waals surface area contributed by atoms with Gasteiger partial charge in [0, 0.05) is 10.6 Å². The lowest BCUT2D eigenvalue weighted by atomic mass is 10.1. The summed E-state index contributed by atoms with van der Waals surface area (Å²) in [6, 6.07) is 6.07. The molecule has 1 unspecified atom stereocenters. The maximum Gasteiger partial charge on any atom is 0.354 e. The van der Waals surface area contributed by atoms with Crippen molar-refractivity contribution in [2.45, 2.75) is 5.79 Å². The number of carbonyl (C=O) groups excluding carboxylic acids is 1. The summed E-state index contributed by atoms with van der Waals surface area (Å²) in [5.41, 5.74) is 0.283. The number of aliphatic hydroxyl groups is 1. The van der Waals surface area contributed by atoms with Gasteiger partial charge in [-0.15, -0.1) is 0 Å². The van der Waals surface area contributed by atoms with Crippen LogP contribution in [-0.2, 0) is 15.3 Å². The van der Waals surface area contributed by atoms with Crippen LogP contribution in [0.15, 0.2) is 34.3 Å². The summed E-state index contributed by atoms with van der Waals surface area (Å²) in [6.45, 7) is 0. The van der Waals surface area contributed by atoms with Gasteiger partial charge in [-0.3, -0.25) is 0 Å². The lowest BCUT2D eigenvalue weighted by Crippen LogP contribution is -2.27. The third-order valence-corrected chi connectivity index (χ3v) is 3.28. The predicted molar refractivity (Wildman–Crippen MR) is 60.2 cm³/mol. The SMILES string of the molecule is O=C1OC(O)(c2ccc(Cl)cc2)C(Cl)=C1Cl. The summed E-state index contributed by atoms with van der Waals surface area (Å²) in [4.78, 5) is 11.2. The lowest BCUT2D eigenvalue weighted by Gasteiger charge is -2.21. The molecular formula is C10H5Cl3O3. The molecule has 6 heteroatoms. The first-order valence-corrected chi connectivity index (χ1v) is 5.36. The first kappa shape index (κ1) is 11.7. The number of carbonyl (C=O) groups is 1. The summed E-state index contributed by atoms with van der Waals surface area (Å²) in [7, 11) is 0. The molecule has 0 aromatic heterocycles. The van der Waals surface area contributed by atoms with Gasteiger partial charge in [-0.05, 0) is 12.1 Å². The number of hydrogen-bond acceptors (Lipinski definition) is 3. The van der Waals surface area contributed by atoms with Crippen LogP contribution in [-0.4, -0.2) is 11.1 Å². The van der Waals surface area contributed by atoms with Crippen LogP contribution < -0.4 is 0 Å². The van der Waals surface area contributed by atoms with Crippen LogP contribution in [0, 0.1) is 0 Å². The van der Waals surface area contributed by atoms with Gasteiger partial charge in [-0.1, -0.05) is 46.9 Å². The smallest absolute Gasteiger partial charge is 0.354 e. The number of hydrogen-bond donors (Lipinski definition) is 1. The number of ether oxygens (including phenoxy) is 1. The van der Waals surface area contributed by atoms with E-state index in [4.69, 9.17) is 39.5 Å². The quantitative estimate of drug-likeness (QED) is 0.804. The minimum Gasteiger partial charge on any atom is -0.419 e. The molecule has 1 heterocycles. The lowest BCUT2D eigenvalue weighted by molar-refractivity contribution is -0.183. The van der Waals surface area contributed by atoms with Gasteiger partial charge in [0.2, 0.25) is 0 Å².